The van der Waals surface area contributed by atoms with Crippen molar-refractivity contribution in [2.45, 2.75) is 6.54 Å². The third-order valence-corrected chi connectivity index (χ3v) is 5.71. The van der Waals surface area contributed by atoms with Gasteiger partial charge in [0.2, 0.25) is 0 Å². The largest absolute Gasteiger partial charge is 0.318 e. The minimum Gasteiger partial charge on any atom is -0.318 e. The van der Waals surface area contributed by atoms with Crippen molar-refractivity contribution >= 4 is 22.4 Å². The molecule has 0 amide bonds. The summed E-state index contributed by atoms with van der Waals surface area (Å²) < 4.78 is 29.6. The highest BCUT2D eigenvalue weighted by Crippen LogP contribution is 2.30. The Kier molecular flexibility index (Phi) is 4.41. The number of nitrogens with zero attached hydrogens (tertiary/aromatic N) is 3. The fraction of sp³-hybridized carbons (Fsp3) is 0.0435. The molecule has 0 N–H and O–H groups in total. The number of aromatic nitrogens is 3. The number of para-hydroxylation sites is 2. The van der Waals surface area contributed by atoms with Gasteiger partial charge in [-0.1, -0.05) is 24.3 Å². The zero-order valence-corrected chi connectivity index (χ0v) is 16.0. The van der Waals surface area contributed by atoms with Crippen molar-refractivity contribution in [2.24, 2.45) is 0 Å². The van der Waals surface area contributed by atoms with Crippen molar-refractivity contribution < 1.29 is 8.78 Å². The van der Waals surface area contributed by atoms with Crippen LogP contribution in [0.15, 0.2) is 78.3 Å². The van der Waals surface area contributed by atoms with Gasteiger partial charge in [0, 0.05) is 22.7 Å². The highest BCUT2D eigenvalue weighted by molar-refractivity contribution is 7.13. The molecule has 3 aromatic heterocycles. The maximum Gasteiger partial charge on any atom is 0.160 e. The van der Waals surface area contributed by atoms with Crippen LogP contribution in [0.5, 0.6) is 0 Å². The lowest BCUT2D eigenvalue weighted by Gasteiger charge is -2.11. The van der Waals surface area contributed by atoms with E-state index in [0.717, 1.165) is 27.5 Å². The molecule has 5 aromatic rings. The molecule has 0 aliphatic carbocycles. The summed E-state index contributed by atoms with van der Waals surface area (Å²) in [5.41, 5.74) is 3.82. The molecule has 0 atom stereocenters. The Bertz CT molecular complexity index is 1310. The minimum atomic E-state index is -0.590. The SMILES string of the molecule is Fc1ccc(Cn2c(-c3cc(-c4cccs4)ccn3)nc3ccccc32)c(F)c1. The summed E-state index contributed by atoms with van der Waals surface area (Å²) in [6.07, 6.45) is 1.76. The van der Waals surface area contributed by atoms with E-state index in [-0.39, 0.29) is 6.54 Å². The van der Waals surface area contributed by atoms with Crippen LogP contribution < -0.4 is 0 Å². The minimum absolute atomic E-state index is 0.229. The molecule has 0 fully saturated rings. The molecular formula is C23H15F2N3S. The first-order valence-corrected chi connectivity index (χ1v) is 9.96. The topological polar surface area (TPSA) is 30.7 Å². The molecular weight excluding hydrogens is 388 g/mol. The Hall–Kier alpha value is -3.38. The molecule has 142 valence electrons. The molecule has 0 unspecified atom stereocenters. The fourth-order valence-corrected chi connectivity index (χ4v) is 4.12. The van der Waals surface area contributed by atoms with Gasteiger partial charge in [0.25, 0.3) is 0 Å². The Morgan fingerprint density at radius 2 is 1.83 bits per heavy atom. The summed E-state index contributed by atoms with van der Waals surface area (Å²) in [6.45, 7) is 0.229. The number of hydrogen-bond donors (Lipinski definition) is 0. The number of fused-ring (bicyclic) bond motifs is 1. The van der Waals surface area contributed by atoms with Gasteiger partial charge in [0.1, 0.15) is 17.3 Å². The Labute approximate surface area is 169 Å². The van der Waals surface area contributed by atoms with E-state index in [0.29, 0.717) is 17.1 Å². The van der Waals surface area contributed by atoms with Crippen LogP contribution in [-0.2, 0) is 6.54 Å². The molecule has 3 heterocycles. The number of benzene rings is 2. The predicted octanol–water partition coefficient (Wildman–Crippen LogP) is 6.15. The van der Waals surface area contributed by atoms with Gasteiger partial charge in [-0.3, -0.25) is 4.98 Å². The van der Waals surface area contributed by atoms with E-state index in [1.807, 2.05) is 52.4 Å². The lowest BCUT2D eigenvalue weighted by atomic mass is 10.1. The second-order valence-corrected chi connectivity index (χ2v) is 7.60. The maximum absolute atomic E-state index is 14.3. The summed E-state index contributed by atoms with van der Waals surface area (Å²) in [6, 6.07) is 19.4. The Morgan fingerprint density at radius 3 is 2.66 bits per heavy atom. The van der Waals surface area contributed by atoms with Crippen molar-refractivity contribution in [1.29, 1.82) is 0 Å². The van der Waals surface area contributed by atoms with E-state index in [4.69, 9.17) is 4.98 Å². The molecule has 0 spiro atoms. The van der Waals surface area contributed by atoms with Crippen LogP contribution in [0, 0.1) is 11.6 Å². The average Bonchev–Trinajstić information content (AvgIpc) is 3.39. The van der Waals surface area contributed by atoms with Crippen molar-refractivity contribution in [3.05, 3.63) is 95.5 Å². The van der Waals surface area contributed by atoms with Crippen LogP contribution in [0.2, 0.25) is 0 Å². The summed E-state index contributed by atoms with van der Waals surface area (Å²) in [5.74, 6) is -0.519. The van der Waals surface area contributed by atoms with Gasteiger partial charge in [-0.05, 0) is 47.3 Å². The smallest absolute Gasteiger partial charge is 0.160 e. The number of hydrogen-bond acceptors (Lipinski definition) is 3. The van der Waals surface area contributed by atoms with Crippen molar-refractivity contribution in [3.8, 4) is 22.0 Å². The van der Waals surface area contributed by atoms with Crippen LogP contribution in [0.1, 0.15) is 5.56 Å². The van der Waals surface area contributed by atoms with Crippen LogP contribution in [0.3, 0.4) is 0 Å². The van der Waals surface area contributed by atoms with E-state index in [1.54, 1.807) is 17.5 Å². The fourth-order valence-electron chi connectivity index (χ4n) is 3.40. The second kappa shape index (κ2) is 7.22. The Balaban J connectivity index is 1.66. The van der Waals surface area contributed by atoms with Crippen molar-refractivity contribution in [1.82, 2.24) is 14.5 Å². The molecule has 3 nitrogen and oxygen atoms in total. The van der Waals surface area contributed by atoms with E-state index in [9.17, 15) is 8.78 Å². The van der Waals surface area contributed by atoms with Gasteiger partial charge in [0.15, 0.2) is 5.82 Å². The van der Waals surface area contributed by atoms with E-state index in [2.05, 4.69) is 11.1 Å². The lowest BCUT2D eigenvalue weighted by molar-refractivity contribution is 0.567. The maximum atomic E-state index is 14.3. The summed E-state index contributed by atoms with van der Waals surface area (Å²) in [7, 11) is 0. The quantitative estimate of drug-likeness (QED) is 0.360. The van der Waals surface area contributed by atoms with Crippen LogP contribution in [0.25, 0.3) is 33.0 Å². The van der Waals surface area contributed by atoms with E-state index in [1.165, 1.54) is 12.1 Å². The molecule has 0 bridgehead atoms. The number of thiophene rings is 1. The summed E-state index contributed by atoms with van der Waals surface area (Å²) in [5, 5.41) is 2.03. The highest BCUT2D eigenvalue weighted by atomic mass is 32.1. The number of imidazole rings is 1. The van der Waals surface area contributed by atoms with Gasteiger partial charge < -0.3 is 4.57 Å². The second-order valence-electron chi connectivity index (χ2n) is 6.65. The predicted molar refractivity (Wildman–Crippen MR) is 112 cm³/mol. The summed E-state index contributed by atoms with van der Waals surface area (Å²) >= 11 is 1.65. The van der Waals surface area contributed by atoms with Crippen LogP contribution in [-0.4, -0.2) is 14.5 Å². The lowest BCUT2D eigenvalue weighted by Crippen LogP contribution is -2.05. The summed E-state index contributed by atoms with van der Waals surface area (Å²) in [4.78, 5) is 10.4. The van der Waals surface area contributed by atoms with E-state index >= 15 is 0 Å². The van der Waals surface area contributed by atoms with Gasteiger partial charge in [-0.15, -0.1) is 11.3 Å². The molecule has 0 aliphatic heterocycles. The number of rotatable bonds is 4. The zero-order chi connectivity index (χ0) is 19.8. The number of halogens is 2. The molecule has 0 aliphatic rings. The van der Waals surface area contributed by atoms with Gasteiger partial charge in [-0.2, -0.15) is 0 Å². The van der Waals surface area contributed by atoms with Crippen molar-refractivity contribution in [3.63, 3.8) is 0 Å². The molecule has 6 heteroatoms. The first-order chi connectivity index (χ1) is 14.2. The average molecular weight is 403 g/mol. The first-order valence-electron chi connectivity index (χ1n) is 9.08. The van der Waals surface area contributed by atoms with Gasteiger partial charge in [-0.25, -0.2) is 13.8 Å². The molecule has 0 saturated heterocycles. The number of pyridine rings is 1. The third kappa shape index (κ3) is 3.32. The normalized spacial score (nSPS) is 11.2. The highest BCUT2D eigenvalue weighted by Gasteiger charge is 2.16. The van der Waals surface area contributed by atoms with Crippen LogP contribution >= 0.6 is 11.3 Å². The molecule has 29 heavy (non-hydrogen) atoms. The first kappa shape index (κ1) is 17.7. The molecule has 5 rings (SSSR count). The monoisotopic (exact) mass is 403 g/mol. The molecule has 0 radical (unpaired) electrons. The third-order valence-electron chi connectivity index (χ3n) is 4.79. The van der Waals surface area contributed by atoms with Crippen LogP contribution in [0.4, 0.5) is 8.78 Å². The molecule has 2 aromatic carbocycles. The zero-order valence-electron chi connectivity index (χ0n) is 15.2. The van der Waals surface area contributed by atoms with E-state index < -0.39 is 11.6 Å². The standard InChI is InChI=1S/C23H15F2N3S/c24-17-8-7-16(18(25)13-17)14-28-21-5-2-1-4-19(21)27-23(28)20-12-15(9-10-26-20)22-6-3-11-29-22/h1-13H,14H2. The molecule has 0 saturated carbocycles. The Morgan fingerprint density at radius 1 is 0.931 bits per heavy atom. The van der Waals surface area contributed by atoms with Crippen molar-refractivity contribution in [2.75, 3.05) is 0 Å². The van der Waals surface area contributed by atoms with Gasteiger partial charge in [0.05, 0.1) is 17.6 Å². The van der Waals surface area contributed by atoms with Gasteiger partial charge >= 0.3 is 0 Å².